The maximum Gasteiger partial charge on any atom is 0.0354 e. The molecule has 4 rings (SSSR count). The summed E-state index contributed by atoms with van der Waals surface area (Å²) in [4.78, 5) is 10.9. The van der Waals surface area contributed by atoms with E-state index in [-0.39, 0.29) is 0 Å². The van der Waals surface area contributed by atoms with Gasteiger partial charge in [-0.2, -0.15) is 0 Å². The normalized spacial score (nSPS) is 36.3. The third kappa shape index (κ3) is 2.43. The lowest BCUT2D eigenvalue weighted by molar-refractivity contribution is -0.0846. The highest BCUT2D eigenvalue weighted by Crippen LogP contribution is 2.36. The van der Waals surface area contributed by atoms with Crippen molar-refractivity contribution >= 4 is 0 Å². The largest absolute Gasteiger partial charge is 0.295 e. The summed E-state index contributed by atoms with van der Waals surface area (Å²) in [5.41, 5.74) is 0.356. The molecule has 2 atom stereocenters. The highest BCUT2D eigenvalue weighted by molar-refractivity contribution is 5.07. The van der Waals surface area contributed by atoms with Gasteiger partial charge < -0.3 is 0 Å². The Morgan fingerprint density at radius 2 is 1.45 bits per heavy atom. The minimum Gasteiger partial charge on any atom is -0.295 e. The first kappa shape index (κ1) is 15.4. The van der Waals surface area contributed by atoms with Crippen LogP contribution in [-0.4, -0.2) is 94.6 Å². The van der Waals surface area contributed by atoms with Crippen LogP contribution in [0.3, 0.4) is 0 Å². The Bertz CT molecular complexity index is 417. The summed E-state index contributed by atoms with van der Waals surface area (Å²) in [6, 6.07) is 4.12. The van der Waals surface area contributed by atoms with Gasteiger partial charge in [-0.15, -0.1) is 0 Å². The molecular formula is C18H34N4. The van der Waals surface area contributed by atoms with Crippen molar-refractivity contribution in [2.75, 3.05) is 39.3 Å². The monoisotopic (exact) mass is 306 g/mol. The Labute approximate surface area is 136 Å². The van der Waals surface area contributed by atoms with Crippen molar-refractivity contribution in [3.8, 4) is 0 Å². The van der Waals surface area contributed by atoms with Gasteiger partial charge in [0, 0.05) is 75.0 Å². The van der Waals surface area contributed by atoms with Gasteiger partial charge in [0.1, 0.15) is 0 Å². The number of fused-ring (bicyclic) bond motifs is 2. The topological polar surface area (TPSA) is 13.0 Å². The average Bonchev–Trinajstić information content (AvgIpc) is 2.87. The molecule has 4 heterocycles. The highest BCUT2D eigenvalue weighted by Gasteiger charge is 2.50. The van der Waals surface area contributed by atoms with Gasteiger partial charge in [-0.1, -0.05) is 0 Å². The van der Waals surface area contributed by atoms with Crippen molar-refractivity contribution in [2.24, 2.45) is 0 Å². The molecule has 4 aliphatic rings. The van der Waals surface area contributed by atoms with Gasteiger partial charge in [0.25, 0.3) is 0 Å². The Hall–Kier alpha value is -0.160. The maximum absolute atomic E-state index is 2.85. The Kier molecular flexibility index (Phi) is 3.61. The molecule has 0 radical (unpaired) electrons. The molecule has 0 spiro atoms. The lowest BCUT2D eigenvalue weighted by Gasteiger charge is -2.57. The number of likely N-dealkylation sites (tertiary alicyclic amines) is 4. The molecule has 126 valence electrons. The first-order valence-electron chi connectivity index (χ1n) is 9.33. The van der Waals surface area contributed by atoms with E-state index in [2.05, 4.69) is 54.2 Å². The van der Waals surface area contributed by atoms with Crippen LogP contribution in [-0.2, 0) is 0 Å². The standard InChI is InChI=1S/C18H34N4/c1-13(2)21-11-15-6-14(21)12-22(15)17-7-19(8-17)16-9-20(10-16)18(3,4)5/h13-17H,6-12H2,1-5H3. The zero-order valence-corrected chi connectivity index (χ0v) is 15.1. The second-order valence-electron chi connectivity index (χ2n) is 9.37. The van der Waals surface area contributed by atoms with E-state index in [1.54, 1.807) is 0 Å². The van der Waals surface area contributed by atoms with Gasteiger partial charge in [0.05, 0.1) is 0 Å². The average molecular weight is 306 g/mol. The molecule has 4 heteroatoms. The number of piperazine rings is 1. The van der Waals surface area contributed by atoms with Crippen LogP contribution in [0, 0.1) is 0 Å². The van der Waals surface area contributed by atoms with Crippen molar-refractivity contribution in [3.63, 3.8) is 0 Å². The van der Waals surface area contributed by atoms with E-state index in [0.717, 1.165) is 30.2 Å². The van der Waals surface area contributed by atoms with Gasteiger partial charge in [-0.25, -0.2) is 0 Å². The fourth-order valence-electron chi connectivity index (χ4n) is 5.04. The van der Waals surface area contributed by atoms with Gasteiger partial charge in [0.15, 0.2) is 0 Å². The molecule has 2 bridgehead atoms. The molecule has 4 saturated heterocycles. The maximum atomic E-state index is 2.85. The summed E-state index contributed by atoms with van der Waals surface area (Å²) in [7, 11) is 0. The number of hydrogen-bond acceptors (Lipinski definition) is 4. The van der Waals surface area contributed by atoms with Crippen molar-refractivity contribution < 1.29 is 0 Å². The Morgan fingerprint density at radius 3 is 1.95 bits per heavy atom. The molecule has 0 aliphatic carbocycles. The molecule has 0 aromatic rings. The van der Waals surface area contributed by atoms with Crippen molar-refractivity contribution in [2.45, 2.75) is 76.8 Å². The molecule has 4 aliphatic heterocycles. The fourth-order valence-corrected chi connectivity index (χ4v) is 5.04. The van der Waals surface area contributed by atoms with Crippen molar-refractivity contribution in [1.29, 1.82) is 0 Å². The number of nitrogens with zero attached hydrogens (tertiary/aromatic N) is 4. The van der Waals surface area contributed by atoms with Crippen LogP contribution in [0.25, 0.3) is 0 Å². The third-order valence-electron chi connectivity index (χ3n) is 6.68. The second kappa shape index (κ2) is 5.17. The molecular weight excluding hydrogens is 272 g/mol. The molecule has 4 fully saturated rings. The lowest BCUT2D eigenvalue weighted by atomic mass is 9.93. The van der Waals surface area contributed by atoms with E-state index < -0.39 is 0 Å². The summed E-state index contributed by atoms with van der Waals surface area (Å²) in [6.07, 6.45) is 1.43. The minimum absolute atomic E-state index is 0.356. The molecule has 22 heavy (non-hydrogen) atoms. The molecule has 0 aromatic heterocycles. The molecule has 0 aromatic carbocycles. The summed E-state index contributed by atoms with van der Waals surface area (Å²) in [5.74, 6) is 0. The smallest absolute Gasteiger partial charge is 0.0354 e. The lowest BCUT2D eigenvalue weighted by Crippen LogP contribution is -2.72. The van der Waals surface area contributed by atoms with Gasteiger partial charge in [-0.05, 0) is 41.0 Å². The molecule has 2 unspecified atom stereocenters. The summed E-state index contributed by atoms with van der Waals surface area (Å²) < 4.78 is 0. The third-order valence-corrected chi connectivity index (χ3v) is 6.68. The second-order valence-corrected chi connectivity index (χ2v) is 9.37. The van der Waals surface area contributed by atoms with Crippen LogP contribution < -0.4 is 0 Å². The Balaban J connectivity index is 1.23. The number of rotatable bonds is 3. The summed E-state index contributed by atoms with van der Waals surface area (Å²) in [5, 5.41) is 0. The van der Waals surface area contributed by atoms with E-state index in [0.29, 0.717) is 5.54 Å². The SMILES string of the molecule is CC(C)N1CC2CC1CN2C1CN(C2CN(C(C)(C)C)C2)C1. The zero-order chi connectivity index (χ0) is 15.6. The van der Waals surface area contributed by atoms with E-state index in [1.807, 2.05) is 0 Å². The first-order chi connectivity index (χ1) is 10.3. The van der Waals surface area contributed by atoms with Crippen LogP contribution >= 0.6 is 0 Å². The minimum atomic E-state index is 0.356. The summed E-state index contributed by atoms with van der Waals surface area (Å²) >= 11 is 0. The van der Waals surface area contributed by atoms with Crippen molar-refractivity contribution in [1.82, 2.24) is 19.6 Å². The van der Waals surface area contributed by atoms with Crippen LogP contribution in [0.15, 0.2) is 0 Å². The van der Waals surface area contributed by atoms with Crippen molar-refractivity contribution in [3.05, 3.63) is 0 Å². The van der Waals surface area contributed by atoms with E-state index in [1.165, 1.54) is 45.7 Å². The van der Waals surface area contributed by atoms with Crippen LogP contribution in [0.5, 0.6) is 0 Å². The number of hydrogen-bond donors (Lipinski definition) is 0. The molecule has 4 nitrogen and oxygen atoms in total. The molecule has 0 amide bonds. The Morgan fingerprint density at radius 1 is 0.773 bits per heavy atom. The van der Waals surface area contributed by atoms with E-state index in [4.69, 9.17) is 0 Å². The molecule has 0 N–H and O–H groups in total. The summed E-state index contributed by atoms with van der Waals surface area (Å²) in [6.45, 7) is 19.6. The quantitative estimate of drug-likeness (QED) is 0.779. The fraction of sp³-hybridized carbons (Fsp3) is 1.00. The van der Waals surface area contributed by atoms with Crippen LogP contribution in [0.1, 0.15) is 41.0 Å². The first-order valence-corrected chi connectivity index (χ1v) is 9.33. The van der Waals surface area contributed by atoms with E-state index in [9.17, 15) is 0 Å². The predicted octanol–water partition coefficient (Wildman–Crippen LogP) is 1.32. The van der Waals surface area contributed by atoms with Gasteiger partial charge in [0.2, 0.25) is 0 Å². The van der Waals surface area contributed by atoms with E-state index >= 15 is 0 Å². The molecule has 0 saturated carbocycles. The van der Waals surface area contributed by atoms with Crippen LogP contribution in [0.2, 0.25) is 0 Å². The predicted molar refractivity (Wildman–Crippen MR) is 91.2 cm³/mol. The highest BCUT2D eigenvalue weighted by atomic mass is 15.4. The zero-order valence-electron chi connectivity index (χ0n) is 15.1. The van der Waals surface area contributed by atoms with Gasteiger partial charge in [-0.3, -0.25) is 19.6 Å². The van der Waals surface area contributed by atoms with Gasteiger partial charge >= 0.3 is 0 Å². The van der Waals surface area contributed by atoms with Crippen LogP contribution in [0.4, 0.5) is 0 Å².